The number of nitrogens with one attached hydrogen (secondary N) is 1. The smallest absolute Gasteiger partial charge is 0.325 e. The van der Waals surface area contributed by atoms with E-state index in [1.807, 2.05) is 0 Å². The molecule has 0 atom stereocenters. The second kappa shape index (κ2) is 5.09. The maximum absolute atomic E-state index is 11.1. The van der Waals surface area contributed by atoms with Crippen LogP contribution < -0.4 is 5.32 Å². The fourth-order valence-electron chi connectivity index (χ4n) is 1.45. The highest BCUT2D eigenvalue weighted by Gasteiger charge is 2.08. The molecule has 6 heteroatoms. The van der Waals surface area contributed by atoms with Crippen LogP contribution in [0.4, 0.5) is 5.82 Å². The number of rotatable bonds is 4. The maximum atomic E-state index is 11.1. The first kappa shape index (κ1) is 11.8. The Morgan fingerprint density at radius 3 is 3.06 bits per heavy atom. The fraction of sp³-hybridized carbons (Fsp3) is 0.364. The van der Waals surface area contributed by atoms with E-state index in [9.17, 15) is 4.79 Å². The molecule has 90 valence electrons. The number of fused-ring (bicyclic) bond motifs is 1. The van der Waals surface area contributed by atoms with Gasteiger partial charge in [0.15, 0.2) is 0 Å². The topological polar surface area (TPSA) is 64.1 Å². The summed E-state index contributed by atoms with van der Waals surface area (Å²) in [7, 11) is 1.36. The minimum absolute atomic E-state index is 0.111. The summed E-state index contributed by atoms with van der Waals surface area (Å²) in [6.45, 7) is 2.21. The van der Waals surface area contributed by atoms with Gasteiger partial charge in [-0.2, -0.15) is 0 Å². The van der Waals surface area contributed by atoms with Gasteiger partial charge in [-0.25, -0.2) is 9.97 Å². The van der Waals surface area contributed by atoms with Crippen molar-refractivity contribution in [1.29, 1.82) is 0 Å². The zero-order valence-corrected chi connectivity index (χ0v) is 10.5. The number of anilines is 1. The molecule has 2 rings (SSSR count). The molecule has 2 aromatic heterocycles. The molecule has 0 aliphatic rings. The molecule has 0 aliphatic carbocycles. The predicted octanol–water partition coefficient (Wildman–Crippen LogP) is 1.84. The minimum atomic E-state index is -0.317. The van der Waals surface area contributed by atoms with Gasteiger partial charge in [0.05, 0.1) is 12.5 Å². The van der Waals surface area contributed by atoms with Crippen molar-refractivity contribution in [1.82, 2.24) is 9.97 Å². The molecule has 0 unspecified atom stereocenters. The van der Waals surface area contributed by atoms with Crippen LogP contribution in [0.25, 0.3) is 10.2 Å². The van der Waals surface area contributed by atoms with Crippen LogP contribution in [0.15, 0.2) is 12.4 Å². The minimum Gasteiger partial charge on any atom is -0.468 e. The van der Waals surface area contributed by atoms with Crippen molar-refractivity contribution < 1.29 is 9.53 Å². The summed E-state index contributed by atoms with van der Waals surface area (Å²) in [5.41, 5.74) is 0. The van der Waals surface area contributed by atoms with Crippen LogP contribution in [0.3, 0.4) is 0 Å². The molecule has 0 aliphatic heterocycles. The van der Waals surface area contributed by atoms with E-state index >= 15 is 0 Å². The second-order valence-electron chi connectivity index (χ2n) is 3.44. The lowest BCUT2D eigenvalue weighted by molar-refractivity contribution is -0.138. The molecule has 2 heterocycles. The molecule has 0 fully saturated rings. The van der Waals surface area contributed by atoms with Crippen molar-refractivity contribution in [3.8, 4) is 0 Å². The Bertz CT molecular complexity index is 538. The highest BCUT2D eigenvalue weighted by Crippen LogP contribution is 2.28. The van der Waals surface area contributed by atoms with Crippen LogP contribution in [0, 0.1) is 0 Å². The van der Waals surface area contributed by atoms with Gasteiger partial charge < -0.3 is 10.1 Å². The largest absolute Gasteiger partial charge is 0.468 e. The van der Waals surface area contributed by atoms with Crippen LogP contribution in [-0.2, 0) is 16.0 Å². The zero-order valence-electron chi connectivity index (χ0n) is 9.69. The standard InChI is InChI=1S/C11H13N3O2S/c1-3-7-4-8-10(12-5-9(15)16-2)13-6-14-11(8)17-7/h4,6H,3,5H2,1-2H3,(H,12,13,14). The van der Waals surface area contributed by atoms with Crippen molar-refractivity contribution in [2.75, 3.05) is 19.0 Å². The highest BCUT2D eigenvalue weighted by atomic mass is 32.1. The third-order valence-electron chi connectivity index (χ3n) is 2.36. The Kier molecular flexibility index (Phi) is 3.53. The molecule has 0 bridgehead atoms. The fourth-order valence-corrected chi connectivity index (χ4v) is 2.38. The summed E-state index contributed by atoms with van der Waals surface area (Å²) in [6, 6.07) is 2.06. The number of nitrogens with zero attached hydrogens (tertiary/aromatic N) is 2. The molecular formula is C11H13N3O2S. The second-order valence-corrected chi connectivity index (χ2v) is 4.55. The first-order chi connectivity index (χ1) is 8.24. The van der Waals surface area contributed by atoms with Crippen LogP contribution in [0.2, 0.25) is 0 Å². The highest BCUT2D eigenvalue weighted by molar-refractivity contribution is 7.18. The van der Waals surface area contributed by atoms with Crippen LogP contribution in [0.1, 0.15) is 11.8 Å². The van der Waals surface area contributed by atoms with Gasteiger partial charge in [0, 0.05) is 4.88 Å². The molecule has 2 aromatic rings. The summed E-state index contributed by atoms with van der Waals surface area (Å²) in [4.78, 5) is 21.6. The van der Waals surface area contributed by atoms with Crippen molar-refractivity contribution in [3.05, 3.63) is 17.3 Å². The molecule has 0 saturated carbocycles. The lowest BCUT2D eigenvalue weighted by Crippen LogP contribution is -2.15. The van der Waals surface area contributed by atoms with Gasteiger partial charge in [-0.15, -0.1) is 11.3 Å². The normalized spacial score (nSPS) is 10.5. The molecule has 0 spiro atoms. The van der Waals surface area contributed by atoms with Crippen molar-refractivity contribution in [3.63, 3.8) is 0 Å². The number of esters is 1. The van der Waals surface area contributed by atoms with E-state index in [0.717, 1.165) is 16.6 Å². The Morgan fingerprint density at radius 2 is 2.35 bits per heavy atom. The number of carbonyl (C=O) groups is 1. The third-order valence-corrected chi connectivity index (χ3v) is 3.54. The number of carbonyl (C=O) groups excluding carboxylic acids is 1. The lowest BCUT2D eigenvalue weighted by Gasteiger charge is -2.04. The monoisotopic (exact) mass is 251 g/mol. The molecule has 1 N–H and O–H groups in total. The number of hydrogen-bond donors (Lipinski definition) is 1. The summed E-state index contributed by atoms with van der Waals surface area (Å²) < 4.78 is 4.57. The van der Waals surface area contributed by atoms with E-state index in [1.54, 1.807) is 11.3 Å². The van der Waals surface area contributed by atoms with E-state index in [4.69, 9.17) is 0 Å². The lowest BCUT2D eigenvalue weighted by atomic mass is 10.3. The van der Waals surface area contributed by atoms with Gasteiger partial charge in [-0.05, 0) is 12.5 Å². The first-order valence-corrected chi connectivity index (χ1v) is 6.10. The molecular weight excluding hydrogens is 238 g/mol. The van der Waals surface area contributed by atoms with Gasteiger partial charge in [0.1, 0.15) is 23.5 Å². The average Bonchev–Trinajstić information content (AvgIpc) is 2.79. The summed E-state index contributed by atoms with van der Waals surface area (Å²) in [6.07, 6.45) is 2.47. The number of aryl methyl sites for hydroxylation is 1. The average molecular weight is 251 g/mol. The van der Waals surface area contributed by atoms with E-state index in [0.29, 0.717) is 5.82 Å². The summed E-state index contributed by atoms with van der Waals surface area (Å²) >= 11 is 1.64. The molecule has 0 radical (unpaired) electrons. The Hall–Kier alpha value is -1.69. The number of aromatic nitrogens is 2. The van der Waals surface area contributed by atoms with Crippen molar-refractivity contribution in [2.24, 2.45) is 0 Å². The van der Waals surface area contributed by atoms with E-state index in [2.05, 4.69) is 33.0 Å². The summed E-state index contributed by atoms with van der Waals surface area (Å²) in [5.74, 6) is 0.360. The van der Waals surface area contributed by atoms with Crippen LogP contribution in [0.5, 0.6) is 0 Å². The number of hydrogen-bond acceptors (Lipinski definition) is 6. The van der Waals surface area contributed by atoms with Crippen molar-refractivity contribution in [2.45, 2.75) is 13.3 Å². The quantitative estimate of drug-likeness (QED) is 0.840. The molecule has 0 amide bonds. The first-order valence-electron chi connectivity index (χ1n) is 5.28. The van der Waals surface area contributed by atoms with Crippen LogP contribution >= 0.6 is 11.3 Å². The molecule has 0 saturated heterocycles. The predicted molar refractivity (Wildman–Crippen MR) is 67.3 cm³/mol. The molecule has 5 nitrogen and oxygen atoms in total. The van der Waals surface area contributed by atoms with Gasteiger partial charge in [-0.3, -0.25) is 4.79 Å². The summed E-state index contributed by atoms with van der Waals surface area (Å²) in [5, 5.41) is 3.91. The van der Waals surface area contributed by atoms with Crippen LogP contribution in [-0.4, -0.2) is 29.6 Å². The molecule has 0 aromatic carbocycles. The SMILES string of the molecule is CCc1cc2c(NCC(=O)OC)ncnc2s1. The van der Waals surface area contributed by atoms with Gasteiger partial charge in [0.25, 0.3) is 0 Å². The van der Waals surface area contributed by atoms with E-state index in [1.165, 1.54) is 18.3 Å². The van der Waals surface area contributed by atoms with Gasteiger partial charge in [-0.1, -0.05) is 6.92 Å². The number of methoxy groups -OCH3 is 1. The van der Waals surface area contributed by atoms with Gasteiger partial charge >= 0.3 is 5.97 Å². The van der Waals surface area contributed by atoms with E-state index in [-0.39, 0.29) is 12.5 Å². The molecule has 17 heavy (non-hydrogen) atoms. The van der Waals surface area contributed by atoms with Crippen molar-refractivity contribution >= 4 is 33.3 Å². The van der Waals surface area contributed by atoms with E-state index < -0.39 is 0 Å². The Labute approximate surface area is 103 Å². The number of thiophene rings is 1. The number of ether oxygens (including phenoxy) is 1. The van der Waals surface area contributed by atoms with Gasteiger partial charge in [0.2, 0.25) is 0 Å². The Morgan fingerprint density at radius 1 is 1.53 bits per heavy atom. The third kappa shape index (κ3) is 2.52. The maximum Gasteiger partial charge on any atom is 0.325 e. The Balaban J connectivity index is 2.27. The zero-order chi connectivity index (χ0) is 12.3.